The molecular formula is C13H19N3O4S. The zero-order valence-corrected chi connectivity index (χ0v) is 12.7. The van der Waals surface area contributed by atoms with Crippen molar-refractivity contribution in [2.75, 3.05) is 26.2 Å². The second kappa shape index (κ2) is 5.11. The molecule has 1 saturated carbocycles. The molecular weight excluding hydrogens is 294 g/mol. The van der Waals surface area contributed by atoms with Gasteiger partial charge in [0, 0.05) is 45.5 Å². The summed E-state index contributed by atoms with van der Waals surface area (Å²) in [4.78, 5) is 13.4. The number of aromatic nitrogens is 1. The topological polar surface area (TPSA) is 82.9 Å². The first-order valence-electron chi connectivity index (χ1n) is 7.03. The van der Waals surface area contributed by atoms with Crippen molar-refractivity contribution in [3.05, 3.63) is 18.0 Å². The number of piperazine rings is 1. The third kappa shape index (κ3) is 2.70. The van der Waals surface area contributed by atoms with Gasteiger partial charge in [0.05, 0.1) is 0 Å². The first kappa shape index (κ1) is 14.6. The van der Waals surface area contributed by atoms with Crippen molar-refractivity contribution in [1.82, 2.24) is 13.8 Å². The lowest BCUT2D eigenvalue weighted by atomic mass is 10.3. The third-order valence-electron chi connectivity index (χ3n) is 4.17. The van der Waals surface area contributed by atoms with E-state index in [0.29, 0.717) is 19.1 Å². The van der Waals surface area contributed by atoms with E-state index in [4.69, 9.17) is 5.11 Å². The van der Waals surface area contributed by atoms with Crippen LogP contribution in [0.25, 0.3) is 0 Å². The quantitative estimate of drug-likeness (QED) is 0.858. The highest BCUT2D eigenvalue weighted by Gasteiger charge is 2.35. The Morgan fingerprint density at radius 1 is 1.24 bits per heavy atom. The SMILES string of the molecule is Cn1cc(S(=O)(=O)N2CCN(C3CC3)CC2)cc1C(=O)O. The number of aryl methyl sites for hydroxylation is 1. The van der Waals surface area contributed by atoms with Gasteiger partial charge in [-0.1, -0.05) is 0 Å². The zero-order chi connectivity index (χ0) is 15.2. The Morgan fingerprint density at radius 3 is 2.33 bits per heavy atom. The van der Waals surface area contributed by atoms with Gasteiger partial charge in [0.1, 0.15) is 10.6 Å². The fourth-order valence-electron chi connectivity index (χ4n) is 2.79. The van der Waals surface area contributed by atoms with Crippen LogP contribution in [0.5, 0.6) is 0 Å². The highest BCUT2D eigenvalue weighted by Crippen LogP contribution is 2.28. The fraction of sp³-hybridized carbons (Fsp3) is 0.615. The van der Waals surface area contributed by atoms with E-state index in [9.17, 15) is 13.2 Å². The van der Waals surface area contributed by atoms with Gasteiger partial charge in [-0.2, -0.15) is 4.31 Å². The van der Waals surface area contributed by atoms with Crippen LogP contribution in [0.1, 0.15) is 23.3 Å². The van der Waals surface area contributed by atoms with E-state index in [1.807, 2.05) is 0 Å². The molecule has 1 saturated heterocycles. The first-order valence-corrected chi connectivity index (χ1v) is 8.47. The summed E-state index contributed by atoms with van der Waals surface area (Å²) in [6, 6.07) is 1.87. The monoisotopic (exact) mass is 313 g/mol. The second-order valence-corrected chi connectivity index (χ2v) is 7.59. The molecule has 1 aromatic rings. The maximum atomic E-state index is 12.6. The van der Waals surface area contributed by atoms with Crippen LogP contribution in [0.3, 0.4) is 0 Å². The summed E-state index contributed by atoms with van der Waals surface area (Å²) >= 11 is 0. The van der Waals surface area contributed by atoms with Crippen LogP contribution in [0.4, 0.5) is 0 Å². The summed E-state index contributed by atoms with van der Waals surface area (Å²) in [5.41, 5.74) is -0.0230. The average molecular weight is 313 g/mol. The van der Waals surface area contributed by atoms with Crippen LogP contribution in [-0.4, -0.2) is 65.5 Å². The summed E-state index contributed by atoms with van der Waals surface area (Å²) in [6.07, 6.45) is 3.80. The van der Waals surface area contributed by atoms with Crippen molar-refractivity contribution in [3.8, 4) is 0 Å². The van der Waals surface area contributed by atoms with E-state index in [1.165, 1.54) is 41.0 Å². The highest BCUT2D eigenvalue weighted by atomic mass is 32.2. The van der Waals surface area contributed by atoms with E-state index >= 15 is 0 Å². The Kier molecular flexibility index (Phi) is 3.54. The Labute approximate surface area is 123 Å². The molecule has 0 aromatic carbocycles. The largest absolute Gasteiger partial charge is 0.477 e. The molecule has 0 bridgehead atoms. The van der Waals surface area contributed by atoms with Crippen molar-refractivity contribution < 1.29 is 18.3 Å². The number of rotatable bonds is 4. The molecule has 0 atom stereocenters. The van der Waals surface area contributed by atoms with Gasteiger partial charge in [-0.25, -0.2) is 13.2 Å². The summed E-state index contributed by atoms with van der Waals surface area (Å²) in [5.74, 6) is -1.13. The summed E-state index contributed by atoms with van der Waals surface area (Å²) in [6.45, 7) is 2.44. The minimum atomic E-state index is -3.60. The molecule has 1 aliphatic heterocycles. The van der Waals surface area contributed by atoms with Crippen LogP contribution in [-0.2, 0) is 17.1 Å². The van der Waals surface area contributed by atoms with Gasteiger partial charge in [-0.15, -0.1) is 0 Å². The smallest absolute Gasteiger partial charge is 0.352 e. The molecule has 2 heterocycles. The van der Waals surface area contributed by atoms with Crippen LogP contribution in [0.15, 0.2) is 17.2 Å². The van der Waals surface area contributed by atoms with Gasteiger partial charge in [0.2, 0.25) is 10.0 Å². The van der Waals surface area contributed by atoms with Crippen LogP contribution in [0, 0.1) is 0 Å². The van der Waals surface area contributed by atoms with Crippen LogP contribution in [0.2, 0.25) is 0 Å². The Morgan fingerprint density at radius 2 is 1.86 bits per heavy atom. The van der Waals surface area contributed by atoms with Gasteiger partial charge >= 0.3 is 5.97 Å². The molecule has 3 rings (SSSR count). The molecule has 0 radical (unpaired) electrons. The molecule has 0 spiro atoms. The molecule has 21 heavy (non-hydrogen) atoms. The minimum Gasteiger partial charge on any atom is -0.477 e. The Bertz CT molecular complexity index is 655. The molecule has 8 heteroatoms. The highest BCUT2D eigenvalue weighted by molar-refractivity contribution is 7.89. The Hall–Kier alpha value is -1.38. The van der Waals surface area contributed by atoms with Crippen molar-refractivity contribution in [1.29, 1.82) is 0 Å². The molecule has 2 fully saturated rings. The lowest BCUT2D eigenvalue weighted by molar-refractivity contribution is 0.0686. The van der Waals surface area contributed by atoms with Crippen molar-refractivity contribution in [3.63, 3.8) is 0 Å². The standard InChI is InChI=1S/C13H19N3O4S/c1-14-9-11(8-12(14)13(17)18)21(19,20)16-6-4-15(5-7-16)10-2-3-10/h8-10H,2-7H2,1H3,(H,17,18). The van der Waals surface area contributed by atoms with Gasteiger partial charge in [0.15, 0.2) is 0 Å². The van der Waals surface area contributed by atoms with E-state index in [-0.39, 0.29) is 10.6 Å². The number of nitrogens with zero attached hydrogens (tertiary/aromatic N) is 3. The van der Waals surface area contributed by atoms with Gasteiger partial charge < -0.3 is 9.67 Å². The van der Waals surface area contributed by atoms with E-state index in [2.05, 4.69) is 4.90 Å². The van der Waals surface area contributed by atoms with Crippen molar-refractivity contribution >= 4 is 16.0 Å². The lowest BCUT2D eigenvalue weighted by Crippen LogP contribution is -2.49. The number of carbonyl (C=O) groups is 1. The zero-order valence-electron chi connectivity index (χ0n) is 11.9. The fourth-order valence-corrected chi connectivity index (χ4v) is 4.28. The average Bonchev–Trinajstić information content (AvgIpc) is 3.21. The molecule has 0 amide bonds. The van der Waals surface area contributed by atoms with E-state index < -0.39 is 16.0 Å². The van der Waals surface area contributed by atoms with Gasteiger partial charge in [0.25, 0.3) is 0 Å². The number of carboxylic acids is 1. The lowest BCUT2D eigenvalue weighted by Gasteiger charge is -2.33. The van der Waals surface area contributed by atoms with E-state index in [1.54, 1.807) is 0 Å². The number of hydrogen-bond donors (Lipinski definition) is 1. The third-order valence-corrected chi connectivity index (χ3v) is 6.04. The molecule has 1 N–H and O–H groups in total. The second-order valence-electron chi connectivity index (χ2n) is 5.65. The number of aromatic carboxylic acids is 1. The summed E-state index contributed by atoms with van der Waals surface area (Å²) < 4.78 is 27.9. The Balaban J connectivity index is 1.77. The molecule has 1 aromatic heterocycles. The van der Waals surface area contributed by atoms with Crippen LogP contribution < -0.4 is 0 Å². The number of carboxylic acid groups (broad SMARTS) is 1. The predicted molar refractivity (Wildman–Crippen MR) is 75.7 cm³/mol. The molecule has 0 unspecified atom stereocenters. The normalized spacial score (nSPS) is 21.6. The number of hydrogen-bond acceptors (Lipinski definition) is 4. The molecule has 7 nitrogen and oxygen atoms in total. The maximum Gasteiger partial charge on any atom is 0.352 e. The van der Waals surface area contributed by atoms with Crippen molar-refractivity contribution in [2.24, 2.45) is 7.05 Å². The summed E-state index contributed by atoms with van der Waals surface area (Å²) in [5, 5.41) is 9.02. The molecule has 116 valence electrons. The minimum absolute atomic E-state index is 0.0230. The van der Waals surface area contributed by atoms with Gasteiger partial charge in [-0.05, 0) is 18.9 Å². The summed E-state index contributed by atoms with van der Waals surface area (Å²) in [7, 11) is -2.07. The maximum absolute atomic E-state index is 12.6. The van der Waals surface area contributed by atoms with Crippen LogP contribution >= 0.6 is 0 Å². The van der Waals surface area contributed by atoms with Gasteiger partial charge in [-0.3, -0.25) is 4.90 Å². The van der Waals surface area contributed by atoms with E-state index in [0.717, 1.165) is 13.1 Å². The number of sulfonamides is 1. The molecule has 2 aliphatic rings. The first-order chi connectivity index (χ1) is 9.89. The molecule has 1 aliphatic carbocycles. The predicted octanol–water partition coefficient (Wildman–Crippen LogP) is 0.192. The van der Waals surface area contributed by atoms with Crippen molar-refractivity contribution in [2.45, 2.75) is 23.8 Å².